The van der Waals surface area contributed by atoms with Crippen molar-refractivity contribution < 1.29 is 9.53 Å². The number of carbonyl (C=O) groups excluding carboxylic acids is 1. The Bertz CT molecular complexity index is 349. The molecule has 2 heterocycles. The third-order valence-corrected chi connectivity index (χ3v) is 1.37. The van der Waals surface area contributed by atoms with Crippen LogP contribution in [0.2, 0.25) is 0 Å². The van der Waals surface area contributed by atoms with E-state index in [0.29, 0.717) is 5.90 Å². The second kappa shape index (κ2) is 2.65. The molecule has 0 fully saturated rings. The Labute approximate surface area is 68.8 Å². The lowest BCUT2D eigenvalue weighted by Crippen LogP contribution is -2.01. The second-order valence-corrected chi connectivity index (χ2v) is 2.26. The summed E-state index contributed by atoms with van der Waals surface area (Å²) in [6.45, 7) is 0. The van der Waals surface area contributed by atoms with Gasteiger partial charge in [0.25, 0.3) is 0 Å². The van der Waals surface area contributed by atoms with Gasteiger partial charge in [0.05, 0.1) is 0 Å². The Balaban J connectivity index is 2.21. The van der Waals surface area contributed by atoms with Gasteiger partial charge in [-0.1, -0.05) is 0 Å². The summed E-state index contributed by atoms with van der Waals surface area (Å²) in [5.74, 6) is -0.0582. The number of hydrogen-bond acceptors (Lipinski definition) is 3. The molecule has 2 rings (SSSR count). The molecule has 0 spiro atoms. The number of nitrogens with zero attached hydrogens (tertiary/aromatic N) is 2. The Morgan fingerprint density at radius 2 is 2.00 bits per heavy atom. The van der Waals surface area contributed by atoms with Gasteiger partial charge in [0.1, 0.15) is 0 Å². The van der Waals surface area contributed by atoms with Crippen LogP contribution in [-0.2, 0) is 9.53 Å². The van der Waals surface area contributed by atoms with Crippen LogP contribution >= 0.6 is 0 Å². The van der Waals surface area contributed by atoms with Crippen LogP contribution in [-0.4, -0.2) is 16.5 Å². The van der Waals surface area contributed by atoms with Crippen molar-refractivity contribution in [3.63, 3.8) is 0 Å². The maximum atomic E-state index is 10.6. The molecule has 1 aliphatic heterocycles. The summed E-state index contributed by atoms with van der Waals surface area (Å²) in [6, 6.07) is 3.68. The van der Waals surface area contributed by atoms with Crippen LogP contribution in [0.4, 0.5) is 0 Å². The fourth-order valence-corrected chi connectivity index (χ4v) is 0.870. The molecule has 0 N–H and O–H groups in total. The van der Waals surface area contributed by atoms with E-state index >= 15 is 0 Å². The standard InChI is InChI=1S/C8H6N2O2/c11-8-4-3-7(12-8)9-10-5-1-2-6-10/h1-6H/b9-7-. The molecule has 4 heteroatoms. The Hall–Kier alpha value is -1.84. The van der Waals surface area contributed by atoms with Gasteiger partial charge < -0.3 is 4.74 Å². The number of esters is 1. The fourth-order valence-electron chi connectivity index (χ4n) is 0.870. The third-order valence-electron chi connectivity index (χ3n) is 1.37. The van der Waals surface area contributed by atoms with Crippen LogP contribution in [0.25, 0.3) is 0 Å². The summed E-state index contributed by atoms with van der Waals surface area (Å²) in [4.78, 5) is 10.6. The summed E-state index contributed by atoms with van der Waals surface area (Å²) in [7, 11) is 0. The predicted molar refractivity (Wildman–Crippen MR) is 42.5 cm³/mol. The Morgan fingerprint density at radius 3 is 2.58 bits per heavy atom. The van der Waals surface area contributed by atoms with Gasteiger partial charge >= 0.3 is 5.97 Å². The zero-order chi connectivity index (χ0) is 8.39. The van der Waals surface area contributed by atoms with Gasteiger partial charge in [-0.3, -0.25) is 0 Å². The van der Waals surface area contributed by atoms with E-state index in [2.05, 4.69) is 5.10 Å². The number of aromatic nitrogens is 1. The van der Waals surface area contributed by atoms with Gasteiger partial charge in [0, 0.05) is 24.5 Å². The molecule has 0 amide bonds. The minimum atomic E-state index is -0.374. The van der Waals surface area contributed by atoms with Gasteiger partial charge in [0.2, 0.25) is 5.90 Å². The van der Waals surface area contributed by atoms with Gasteiger partial charge in [-0.05, 0) is 12.1 Å². The topological polar surface area (TPSA) is 43.6 Å². The zero-order valence-corrected chi connectivity index (χ0v) is 6.18. The van der Waals surface area contributed by atoms with Crippen LogP contribution in [0.5, 0.6) is 0 Å². The highest BCUT2D eigenvalue weighted by atomic mass is 16.5. The van der Waals surface area contributed by atoms with Crippen molar-refractivity contribution in [3.8, 4) is 0 Å². The summed E-state index contributed by atoms with van der Waals surface area (Å²) < 4.78 is 6.28. The van der Waals surface area contributed by atoms with Crippen molar-refractivity contribution in [2.45, 2.75) is 0 Å². The molecular formula is C8H6N2O2. The average molecular weight is 162 g/mol. The van der Waals surface area contributed by atoms with Crippen molar-refractivity contribution >= 4 is 11.9 Å². The molecule has 4 nitrogen and oxygen atoms in total. The van der Waals surface area contributed by atoms with Crippen molar-refractivity contribution in [1.82, 2.24) is 4.68 Å². The van der Waals surface area contributed by atoms with Crippen molar-refractivity contribution in [2.75, 3.05) is 0 Å². The third kappa shape index (κ3) is 1.27. The zero-order valence-electron chi connectivity index (χ0n) is 6.18. The lowest BCUT2D eigenvalue weighted by atomic mass is 10.6. The van der Waals surface area contributed by atoms with Crippen LogP contribution < -0.4 is 0 Å². The molecule has 1 aromatic heterocycles. The lowest BCUT2D eigenvalue weighted by Gasteiger charge is -1.94. The van der Waals surface area contributed by atoms with E-state index in [-0.39, 0.29) is 5.97 Å². The van der Waals surface area contributed by atoms with Gasteiger partial charge in [-0.15, -0.1) is 5.10 Å². The molecule has 12 heavy (non-hydrogen) atoms. The number of rotatable bonds is 1. The molecule has 1 aliphatic rings. The minimum Gasteiger partial charge on any atom is -0.403 e. The van der Waals surface area contributed by atoms with Crippen LogP contribution in [0.1, 0.15) is 0 Å². The molecule has 1 aromatic rings. The van der Waals surface area contributed by atoms with Crippen molar-refractivity contribution in [3.05, 3.63) is 36.7 Å². The first kappa shape index (κ1) is 6.84. The van der Waals surface area contributed by atoms with E-state index in [1.165, 1.54) is 12.2 Å². The van der Waals surface area contributed by atoms with Crippen LogP contribution in [0.3, 0.4) is 0 Å². The van der Waals surface area contributed by atoms with E-state index in [1.54, 1.807) is 17.1 Å². The summed E-state index contributed by atoms with van der Waals surface area (Å²) in [6.07, 6.45) is 6.38. The normalized spacial score (nSPS) is 18.7. The highest BCUT2D eigenvalue weighted by Gasteiger charge is 2.10. The minimum absolute atomic E-state index is 0.316. The molecule has 0 saturated heterocycles. The first-order valence-corrected chi connectivity index (χ1v) is 3.46. The second-order valence-electron chi connectivity index (χ2n) is 2.26. The predicted octanol–water partition coefficient (Wildman–Crippen LogP) is 0.763. The summed E-state index contributed by atoms with van der Waals surface area (Å²) in [5, 5.41) is 3.97. The molecular weight excluding hydrogens is 156 g/mol. The molecule has 0 aromatic carbocycles. The SMILES string of the molecule is O=C1C=C/C(=N/n2cccc2)O1. The maximum absolute atomic E-state index is 10.6. The molecule has 0 unspecified atom stereocenters. The smallest absolute Gasteiger partial charge is 0.337 e. The molecule has 0 aliphatic carbocycles. The van der Waals surface area contributed by atoms with Crippen molar-refractivity contribution in [1.29, 1.82) is 0 Å². The lowest BCUT2D eigenvalue weighted by molar-refractivity contribution is -0.129. The average Bonchev–Trinajstić information content (AvgIpc) is 2.63. The quantitative estimate of drug-likeness (QED) is 0.572. The van der Waals surface area contributed by atoms with Gasteiger partial charge in [-0.25, -0.2) is 9.47 Å². The molecule has 0 atom stereocenters. The fraction of sp³-hybridized carbons (Fsp3) is 0. The maximum Gasteiger partial charge on any atom is 0.337 e. The van der Waals surface area contributed by atoms with Crippen LogP contribution in [0.15, 0.2) is 41.8 Å². The van der Waals surface area contributed by atoms with Crippen LogP contribution in [0, 0.1) is 0 Å². The van der Waals surface area contributed by atoms with Gasteiger partial charge in [0.15, 0.2) is 0 Å². The van der Waals surface area contributed by atoms with Gasteiger partial charge in [-0.2, -0.15) is 0 Å². The monoisotopic (exact) mass is 162 g/mol. The Kier molecular flexibility index (Phi) is 1.51. The van der Waals surface area contributed by atoms with E-state index < -0.39 is 0 Å². The summed E-state index contributed by atoms with van der Waals surface area (Å²) >= 11 is 0. The van der Waals surface area contributed by atoms with E-state index in [9.17, 15) is 4.79 Å². The molecule has 0 radical (unpaired) electrons. The highest BCUT2D eigenvalue weighted by molar-refractivity contribution is 6.07. The first-order chi connectivity index (χ1) is 5.84. The molecule has 60 valence electrons. The molecule has 0 saturated carbocycles. The van der Waals surface area contributed by atoms with E-state index in [4.69, 9.17) is 4.74 Å². The number of cyclic esters (lactones) is 1. The van der Waals surface area contributed by atoms with Crippen molar-refractivity contribution in [2.24, 2.45) is 5.10 Å². The largest absolute Gasteiger partial charge is 0.403 e. The Morgan fingerprint density at radius 1 is 1.25 bits per heavy atom. The highest BCUT2D eigenvalue weighted by Crippen LogP contribution is 1.99. The van der Waals surface area contributed by atoms with E-state index in [1.807, 2.05) is 12.1 Å². The number of ether oxygens (including phenoxy) is 1. The molecule has 0 bridgehead atoms. The van der Waals surface area contributed by atoms with E-state index in [0.717, 1.165) is 0 Å². The number of hydrogen-bond donors (Lipinski definition) is 0. The summed E-state index contributed by atoms with van der Waals surface area (Å²) in [5.41, 5.74) is 0. The first-order valence-electron chi connectivity index (χ1n) is 3.46. The number of carbonyl (C=O) groups is 1.